The van der Waals surface area contributed by atoms with Crippen LogP contribution in [0, 0.1) is 19.5 Å². The number of nitrogens with one attached hydrogen (secondary N) is 1. The van der Waals surface area contributed by atoms with Crippen molar-refractivity contribution in [3.63, 3.8) is 0 Å². The molecule has 0 aliphatic carbocycles. The first-order chi connectivity index (χ1) is 8.88. The third-order valence-electron chi connectivity index (χ3n) is 3.22. The molecule has 0 spiro atoms. The molecule has 6 heteroatoms. The zero-order valence-corrected chi connectivity index (χ0v) is 13.4. The summed E-state index contributed by atoms with van der Waals surface area (Å²) in [5, 5.41) is 14.4. The minimum Gasteiger partial charge on any atom is -0.314 e. The molecule has 0 aromatic heterocycles. The first kappa shape index (κ1) is 16.3. The molecule has 0 amide bonds. The monoisotopic (exact) mass is 380 g/mol. The first-order valence-electron chi connectivity index (χ1n) is 6.25. The Kier molecular flexibility index (Phi) is 6.12. The summed E-state index contributed by atoms with van der Waals surface area (Å²) in [4.78, 5) is 10.6. The van der Waals surface area contributed by atoms with E-state index in [-0.39, 0.29) is 21.2 Å². The fourth-order valence-corrected chi connectivity index (χ4v) is 2.34. The summed E-state index contributed by atoms with van der Waals surface area (Å²) in [6.07, 6.45) is 0.986. The number of halogens is 2. The Labute approximate surface area is 126 Å². The molecule has 1 rings (SSSR count). The molecule has 2 atom stereocenters. The second-order valence-electron chi connectivity index (χ2n) is 4.61. The second kappa shape index (κ2) is 7.14. The van der Waals surface area contributed by atoms with Crippen LogP contribution in [-0.4, -0.2) is 17.5 Å². The van der Waals surface area contributed by atoms with E-state index in [1.807, 2.05) is 13.8 Å². The van der Waals surface area contributed by atoms with Crippen LogP contribution in [0.2, 0.25) is 0 Å². The minimum absolute atomic E-state index is 0.0107. The molecule has 0 bridgehead atoms. The van der Waals surface area contributed by atoms with E-state index in [4.69, 9.17) is 0 Å². The molecule has 0 fully saturated rings. The maximum Gasteiger partial charge on any atom is 0.274 e. The van der Waals surface area contributed by atoms with Crippen molar-refractivity contribution < 1.29 is 9.31 Å². The van der Waals surface area contributed by atoms with Crippen LogP contribution in [0.4, 0.5) is 10.1 Å². The second-order valence-corrected chi connectivity index (χ2v) is 5.78. The number of nitro benzene ring substituents is 1. The summed E-state index contributed by atoms with van der Waals surface area (Å²) < 4.78 is 13.9. The van der Waals surface area contributed by atoms with Gasteiger partial charge in [-0.3, -0.25) is 10.1 Å². The molecular weight excluding hydrogens is 362 g/mol. The third-order valence-corrected chi connectivity index (χ3v) is 4.05. The SMILES string of the molecule is CCCNC(C)C(C)c1cc(F)c(I)cc1[N+](=O)[O-]. The third kappa shape index (κ3) is 4.10. The fraction of sp³-hybridized carbons (Fsp3) is 0.538. The molecule has 0 saturated heterocycles. The van der Waals surface area contributed by atoms with Gasteiger partial charge in [-0.25, -0.2) is 4.39 Å². The van der Waals surface area contributed by atoms with Gasteiger partial charge < -0.3 is 5.32 Å². The predicted molar refractivity (Wildman–Crippen MR) is 81.9 cm³/mol. The van der Waals surface area contributed by atoms with Crippen molar-refractivity contribution in [1.29, 1.82) is 0 Å². The Morgan fingerprint density at radius 1 is 1.47 bits per heavy atom. The van der Waals surface area contributed by atoms with Gasteiger partial charge in [-0.05, 0) is 48.5 Å². The number of rotatable bonds is 6. The van der Waals surface area contributed by atoms with Crippen LogP contribution in [0.1, 0.15) is 38.7 Å². The highest BCUT2D eigenvalue weighted by Crippen LogP contribution is 2.31. The average molecular weight is 380 g/mol. The molecule has 0 aliphatic heterocycles. The maximum absolute atomic E-state index is 13.6. The standard InChI is InChI=1S/C13H18FIN2O2/c1-4-5-16-9(3)8(2)10-6-11(14)12(15)7-13(10)17(18)19/h6-9,16H,4-5H2,1-3H3. The molecule has 0 radical (unpaired) electrons. The molecule has 106 valence electrons. The Morgan fingerprint density at radius 3 is 2.63 bits per heavy atom. The molecule has 1 N–H and O–H groups in total. The van der Waals surface area contributed by atoms with E-state index in [9.17, 15) is 14.5 Å². The summed E-state index contributed by atoms with van der Waals surface area (Å²) in [7, 11) is 0. The normalized spacial score (nSPS) is 14.2. The molecule has 1 aromatic carbocycles. The van der Waals surface area contributed by atoms with Crippen LogP contribution in [0.25, 0.3) is 0 Å². The average Bonchev–Trinajstić information content (AvgIpc) is 2.37. The molecule has 0 saturated carbocycles. The molecule has 1 aromatic rings. The van der Waals surface area contributed by atoms with Gasteiger partial charge in [0.15, 0.2) is 0 Å². The van der Waals surface area contributed by atoms with Crippen molar-refractivity contribution in [2.24, 2.45) is 0 Å². The zero-order valence-electron chi connectivity index (χ0n) is 11.2. The van der Waals surface area contributed by atoms with E-state index >= 15 is 0 Å². The Hall–Kier alpha value is -0.760. The van der Waals surface area contributed by atoms with Gasteiger partial charge in [0.1, 0.15) is 5.82 Å². The summed E-state index contributed by atoms with van der Waals surface area (Å²) in [6.45, 7) is 6.73. The topological polar surface area (TPSA) is 55.2 Å². The Bertz CT molecular complexity index is 468. The lowest BCUT2D eigenvalue weighted by atomic mass is 9.92. The summed E-state index contributed by atoms with van der Waals surface area (Å²) in [6, 6.07) is 2.64. The van der Waals surface area contributed by atoms with Gasteiger partial charge in [0.05, 0.1) is 8.49 Å². The Balaban J connectivity index is 3.10. The van der Waals surface area contributed by atoms with Crippen LogP contribution < -0.4 is 5.32 Å². The van der Waals surface area contributed by atoms with E-state index in [0.717, 1.165) is 13.0 Å². The van der Waals surface area contributed by atoms with Gasteiger partial charge in [-0.1, -0.05) is 13.8 Å². The van der Waals surface area contributed by atoms with Crippen LogP contribution in [0.15, 0.2) is 12.1 Å². The molecule has 4 nitrogen and oxygen atoms in total. The van der Waals surface area contributed by atoms with Gasteiger partial charge in [-0.15, -0.1) is 0 Å². The van der Waals surface area contributed by atoms with E-state index < -0.39 is 10.7 Å². The van der Waals surface area contributed by atoms with Crippen molar-refractivity contribution in [3.8, 4) is 0 Å². The Morgan fingerprint density at radius 2 is 2.11 bits per heavy atom. The molecule has 0 aliphatic rings. The van der Waals surface area contributed by atoms with Crippen molar-refractivity contribution in [1.82, 2.24) is 5.32 Å². The van der Waals surface area contributed by atoms with E-state index in [1.54, 1.807) is 22.6 Å². The number of hydrogen-bond donors (Lipinski definition) is 1. The predicted octanol–water partition coefficient (Wildman–Crippen LogP) is 3.83. The van der Waals surface area contributed by atoms with Crippen molar-refractivity contribution in [3.05, 3.63) is 37.2 Å². The molecule has 0 heterocycles. The van der Waals surface area contributed by atoms with Gasteiger partial charge in [0.25, 0.3) is 5.69 Å². The van der Waals surface area contributed by atoms with Gasteiger partial charge in [0.2, 0.25) is 0 Å². The molecule has 19 heavy (non-hydrogen) atoms. The summed E-state index contributed by atoms with van der Waals surface area (Å²) in [5.74, 6) is -0.533. The number of nitrogens with zero attached hydrogens (tertiary/aromatic N) is 1. The smallest absolute Gasteiger partial charge is 0.274 e. The van der Waals surface area contributed by atoms with Crippen molar-refractivity contribution in [2.45, 2.75) is 39.2 Å². The zero-order chi connectivity index (χ0) is 14.6. The lowest BCUT2D eigenvalue weighted by Crippen LogP contribution is -2.31. The fourth-order valence-electron chi connectivity index (χ4n) is 1.89. The number of hydrogen-bond acceptors (Lipinski definition) is 3. The van der Waals surface area contributed by atoms with Crippen LogP contribution >= 0.6 is 22.6 Å². The lowest BCUT2D eigenvalue weighted by molar-refractivity contribution is -0.385. The quantitative estimate of drug-likeness (QED) is 0.464. The summed E-state index contributed by atoms with van der Waals surface area (Å²) in [5.41, 5.74) is 0.433. The number of benzene rings is 1. The van der Waals surface area contributed by atoms with Crippen LogP contribution in [-0.2, 0) is 0 Å². The maximum atomic E-state index is 13.6. The van der Waals surface area contributed by atoms with Crippen LogP contribution in [0.5, 0.6) is 0 Å². The van der Waals surface area contributed by atoms with Crippen LogP contribution in [0.3, 0.4) is 0 Å². The molecular formula is C13H18FIN2O2. The highest BCUT2D eigenvalue weighted by atomic mass is 127. The highest BCUT2D eigenvalue weighted by molar-refractivity contribution is 14.1. The first-order valence-corrected chi connectivity index (χ1v) is 7.33. The van der Waals surface area contributed by atoms with Crippen molar-refractivity contribution in [2.75, 3.05) is 6.54 Å². The van der Waals surface area contributed by atoms with E-state index in [2.05, 4.69) is 12.2 Å². The lowest BCUT2D eigenvalue weighted by Gasteiger charge is -2.21. The molecule has 2 unspecified atom stereocenters. The minimum atomic E-state index is -0.444. The van der Waals surface area contributed by atoms with Gasteiger partial charge >= 0.3 is 0 Å². The highest BCUT2D eigenvalue weighted by Gasteiger charge is 2.25. The van der Waals surface area contributed by atoms with Gasteiger partial charge in [-0.2, -0.15) is 0 Å². The van der Waals surface area contributed by atoms with E-state index in [0.29, 0.717) is 5.56 Å². The van der Waals surface area contributed by atoms with Crippen molar-refractivity contribution >= 4 is 28.3 Å². The van der Waals surface area contributed by atoms with E-state index in [1.165, 1.54) is 12.1 Å². The number of nitro groups is 1. The summed E-state index contributed by atoms with van der Waals surface area (Å²) >= 11 is 1.77. The largest absolute Gasteiger partial charge is 0.314 e. The van der Waals surface area contributed by atoms with Gasteiger partial charge in [0, 0.05) is 23.6 Å².